The average Bonchev–Trinajstić information content (AvgIpc) is 2.72. The van der Waals surface area contributed by atoms with Crippen LogP contribution >= 0.6 is 0 Å². The molecule has 0 radical (unpaired) electrons. The molecule has 6 heteroatoms. The van der Waals surface area contributed by atoms with Crippen LogP contribution in [0.15, 0.2) is 30.3 Å². The lowest BCUT2D eigenvalue weighted by molar-refractivity contribution is -0.139. The Bertz CT molecular complexity index is 602. The van der Waals surface area contributed by atoms with E-state index >= 15 is 0 Å². The Labute approximate surface area is 161 Å². The molecular formula is C21H31N3O3. The van der Waals surface area contributed by atoms with E-state index in [1.807, 2.05) is 18.2 Å². The molecule has 2 amide bonds. The predicted molar refractivity (Wildman–Crippen MR) is 104 cm³/mol. The summed E-state index contributed by atoms with van der Waals surface area (Å²) in [5.41, 5.74) is 1.20. The van der Waals surface area contributed by atoms with Crippen molar-refractivity contribution >= 4 is 11.8 Å². The van der Waals surface area contributed by atoms with E-state index in [1.165, 1.54) is 12.0 Å². The van der Waals surface area contributed by atoms with Gasteiger partial charge < -0.3 is 15.4 Å². The highest BCUT2D eigenvalue weighted by Gasteiger charge is 2.22. The number of morpholine rings is 1. The van der Waals surface area contributed by atoms with Gasteiger partial charge in [-0.05, 0) is 24.8 Å². The van der Waals surface area contributed by atoms with Crippen LogP contribution in [0.2, 0.25) is 0 Å². The number of benzene rings is 1. The van der Waals surface area contributed by atoms with Gasteiger partial charge in [-0.25, -0.2) is 0 Å². The summed E-state index contributed by atoms with van der Waals surface area (Å²) in [6, 6.07) is 10.4. The Hall–Kier alpha value is -1.92. The van der Waals surface area contributed by atoms with Gasteiger partial charge in [-0.1, -0.05) is 49.6 Å². The molecule has 148 valence electrons. The number of carbonyl (C=O) groups is 2. The minimum Gasteiger partial charge on any atom is -0.371 e. The summed E-state index contributed by atoms with van der Waals surface area (Å²) in [4.78, 5) is 26.3. The number of hydrogen-bond donors (Lipinski definition) is 2. The smallest absolute Gasteiger partial charge is 0.309 e. The second kappa shape index (κ2) is 10.4. The maximum Gasteiger partial charge on any atom is 0.309 e. The topological polar surface area (TPSA) is 70.7 Å². The van der Waals surface area contributed by atoms with E-state index in [2.05, 4.69) is 27.7 Å². The molecule has 0 aromatic heterocycles. The maximum absolute atomic E-state index is 12.0. The molecule has 2 fully saturated rings. The minimum absolute atomic E-state index is 0.107. The van der Waals surface area contributed by atoms with Crippen LogP contribution < -0.4 is 10.6 Å². The predicted octanol–water partition coefficient (Wildman–Crippen LogP) is 2.02. The summed E-state index contributed by atoms with van der Waals surface area (Å²) < 4.78 is 5.88. The van der Waals surface area contributed by atoms with E-state index in [0.717, 1.165) is 58.3 Å². The van der Waals surface area contributed by atoms with E-state index in [0.29, 0.717) is 6.54 Å². The number of ether oxygens (including phenoxy) is 1. The molecule has 27 heavy (non-hydrogen) atoms. The van der Waals surface area contributed by atoms with Crippen LogP contribution in [0.3, 0.4) is 0 Å². The Balaban J connectivity index is 1.32. The van der Waals surface area contributed by atoms with Crippen molar-refractivity contribution in [2.45, 2.75) is 50.7 Å². The van der Waals surface area contributed by atoms with E-state index in [9.17, 15) is 9.59 Å². The first-order valence-electron chi connectivity index (χ1n) is 10.2. The fraction of sp³-hybridized carbons (Fsp3) is 0.619. The van der Waals surface area contributed by atoms with Gasteiger partial charge >= 0.3 is 11.8 Å². The molecule has 1 aromatic rings. The first-order valence-corrected chi connectivity index (χ1v) is 10.2. The van der Waals surface area contributed by atoms with Gasteiger partial charge in [0.05, 0.1) is 12.7 Å². The first-order chi connectivity index (χ1) is 13.2. The lowest BCUT2D eigenvalue weighted by atomic mass is 9.95. The number of carbonyl (C=O) groups excluding carboxylic acids is 2. The molecule has 1 aliphatic carbocycles. The molecule has 0 spiro atoms. The highest BCUT2D eigenvalue weighted by Crippen LogP contribution is 2.21. The summed E-state index contributed by atoms with van der Waals surface area (Å²) in [7, 11) is 0. The molecule has 1 heterocycles. The van der Waals surface area contributed by atoms with E-state index in [1.54, 1.807) is 0 Å². The van der Waals surface area contributed by atoms with E-state index in [-0.39, 0.29) is 12.1 Å². The van der Waals surface area contributed by atoms with Crippen molar-refractivity contribution in [1.82, 2.24) is 15.5 Å². The van der Waals surface area contributed by atoms with Crippen molar-refractivity contribution in [2.75, 3.05) is 32.8 Å². The van der Waals surface area contributed by atoms with Gasteiger partial charge in [-0.15, -0.1) is 0 Å². The normalized spacial score (nSPS) is 21.6. The van der Waals surface area contributed by atoms with Crippen molar-refractivity contribution in [2.24, 2.45) is 0 Å². The van der Waals surface area contributed by atoms with Gasteiger partial charge in [0.15, 0.2) is 0 Å². The molecule has 0 bridgehead atoms. The third-order valence-corrected chi connectivity index (χ3v) is 5.41. The third-order valence-electron chi connectivity index (χ3n) is 5.41. The fourth-order valence-corrected chi connectivity index (χ4v) is 3.86. The fourth-order valence-electron chi connectivity index (χ4n) is 3.86. The van der Waals surface area contributed by atoms with Crippen molar-refractivity contribution in [1.29, 1.82) is 0 Å². The molecule has 3 rings (SSSR count). The van der Waals surface area contributed by atoms with Gasteiger partial charge in [0, 0.05) is 32.2 Å². The third kappa shape index (κ3) is 6.33. The molecule has 1 atom stereocenters. The van der Waals surface area contributed by atoms with Crippen LogP contribution in [-0.2, 0) is 14.3 Å². The number of hydrogen-bond acceptors (Lipinski definition) is 4. The van der Waals surface area contributed by atoms with Crippen molar-refractivity contribution in [3.05, 3.63) is 35.9 Å². The second-order valence-corrected chi connectivity index (χ2v) is 7.49. The van der Waals surface area contributed by atoms with E-state index < -0.39 is 11.8 Å². The summed E-state index contributed by atoms with van der Waals surface area (Å²) in [5, 5.41) is 5.60. The molecule has 1 saturated carbocycles. The number of nitrogens with one attached hydrogen (secondary N) is 2. The van der Waals surface area contributed by atoms with Gasteiger partial charge in [-0.2, -0.15) is 0 Å². The van der Waals surface area contributed by atoms with Gasteiger partial charge in [-0.3, -0.25) is 14.5 Å². The number of amides is 2. The Morgan fingerprint density at radius 1 is 1.07 bits per heavy atom. The molecular weight excluding hydrogens is 342 g/mol. The van der Waals surface area contributed by atoms with Crippen molar-refractivity contribution in [3.63, 3.8) is 0 Å². The van der Waals surface area contributed by atoms with Crippen LogP contribution in [-0.4, -0.2) is 55.5 Å². The zero-order chi connectivity index (χ0) is 18.9. The van der Waals surface area contributed by atoms with Crippen LogP contribution in [0.4, 0.5) is 0 Å². The van der Waals surface area contributed by atoms with Crippen LogP contribution in [0.1, 0.15) is 50.2 Å². The number of rotatable bonds is 6. The summed E-state index contributed by atoms with van der Waals surface area (Å²) in [5.74, 6) is -0.998. The van der Waals surface area contributed by atoms with Gasteiger partial charge in [0.1, 0.15) is 0 Å². The summed E-state index contributed by atoms with van der Waals surface area (Å²) in [6.07, 6.45) is 6.40. The Kier molecular flexibility index (Phi) is 7.66. The maximum atomic E-state index is 12.0. The lowest BCUT2D eigenvalue weighted by Crippen LogP contribution is -2.46. The molecule has 2 aliphatic rings. The van der Waals surface area contributed by atoms with Crippen LogP contribution in [0.5, 0.6) is 0 Å². The second-order valence-electron chi connectivity index (χ2n) is 7.49. The molecule has 1 aliphatic heterocycles. The quantitative estimate of drug-likeness (QED) is 0.591. The Morgan fingerprint density at radius 3 is 2.63 bits per heavy atom. The summed E-state index contributed by atoms with van der Waals surface area (Å²) >= 11 is 0. The lowest BCUT2D eigenvalue weighted by Gasteiger charge is -2.33. The number of nitrogens with zero attached hydrogens (tertiary/aromatic N) is 1. The zero-order valence-corrected chi connectivity index (χ0v) is 16.0. The van der Waals surface area contributed by atoms with E-state index in [4.69, 9.17) is 4.74 Å². The first kappa shape index (κ1) is 19.8. The average molecular weight is 373 g/mol. The standard InChI is InChI=1S/C21H31N3O3/c25-20(21(26)23-18-10-5-2-6-11-18)22-12-7-13-24-14-15-27-19(16-24)17-8-3-1-4-9-17/h1,3-4,8-9,18-19H,2,5-7,10-16H2,(H,22,25)(H,23,26). The molecule has 1 aromatic carbocycles. The van der Waals surface area contributed by atoms with Crippen LogP contribution in [0, 0.1) is 0 Å². The van der Waals surface area contributed by atoms with Gasteiger partial charge in [0.25, 0.3) is 0 Å². The molecule has 2 N–H and O–H groups in total. The monoisotopic (exact) mass is 373 g/mol. The van der Waals surface area contributed by atoms with Crippen molar-refractivity contribution in [3.8, 4) is 0 Å². The molecule has 1 saturated heterocycles. The highest BCUT2D eigenvalue weighted by molar-refractivity contribution is 6.35. The minimum atomic E-state index is -0.510. The summed E-state index contributed by atoms with van der Waals surface area (Å²) in [6.45, 7) is 3.89. The molecule has 1 unspecified atom stereocenters. The SMILES string of the molecule is O=C(NCCCN1CCOC(c2ccccc2)C1)C(=O)NC1CCCCC1. The van der Waals surface area contributed by atoms with Crippen molar-refractivity contribution < 1.29 is 14.3 Å². The molecule has 6 nitrogen and oxygen atoms in total. The van der Waals surface area contributed by atoms with Crippen LogP contribution in [0.25, 0.3) is 0 Å². The highest BCUT2D eigenvalue weighted by atomic mass is 16.5. The largest absolute Gasteiger partial charge is 0.371 e. The van der Waals surface area contributed by atoms with Gasteiger partial charge in [0.2, 0.25) is 0 Å². The zero-order valence-electron chi connectivity index (χ0n) is 16.0. The Morgan fingerprint density at radius 2 is 1.85 bits per heavy atom.